The summed E-state index contributed by atoms with van der Waals surface area (Å²) in [6.45, 7) is 3.99. The summed E-state index contributed by atoms with van der Waals surface area (Å²) in [4.78, 5) is 12.0. The molecular weight excluding hydrogens is 264 g/mol. The first-order valence-corrected chi connectivity index (χ1v) is 7.32. The number of para-hydroxylation sites is 1. The number of hydrogen-bond donors (Lipinski definition) is 2. The number of nitrogens with one attached hydrogen (secondary N) is 2. The molecule has 5 nitrogen and oxygen atoms in total. The van der Waals surface area contributed by atoms with Crippen LogP contribution in [0.25, 0.3) is 5.69 Å². The van der Waals surface area contributed by atoms with E-state index in [1.165, 1.54) is 12.8 Å². The molecule has 2 amide bonds. The van der Waals surface area contributed by atoms with Gasteiger partial charge in [-0.15, -0.1) is 5.10 Å². The van der Waals surface area contributed by atoms with Crippen molar-refractivity contribution in [2.24, 2.45) is 5.92 Å². The second-order valence-electron chi connectivity index (χ2n) is 5.67. The lowest BCUT2D eigenvalue weighted by molar-refractivity contribution is 0.248. The Hall–Kier alpha value is -2.30. The molecule has 21 heavy (non-hydrogen) atoms. The minimum Gasteiger partial charge on any atom is -0.335 e. The molecule has 1 aliphatic carbocycles. The lowest BCUT2D eigenvalue weighted by Crippen LogP contribution is -2.37. The summed E-state index contributed by atoms with van der Waals surface area (Å²) in [5, 5.41) is 10.2. The Morgan fingerprint density at radius 1 is 1.33 bits per heavy atom. The van der Waals surface area contributed by atoms with Crippen LogP contribution in [0, 0.1) is 12.8 Å². The van der Waals surface area contributed by atoms with E-state index in [2.05, 4.69) is 15.7 Å². The van der Waals surface area contributed by atoms with Gasteiger partial charge in [-0.2, -0.15) is 0 Å². The molecule has 1 aromatic carbocycles. The van der Waals surface area contributed by atoms with Crippen LogP contribution in [0.3, 0.4) is 0 Å². The summed E-state index contributed by atoms with van der Waals surface area (Å²) in [6, 6.07) is 9.88. The first kappa shape index (κ1) is 13.7. The maximum absolute atomic E-state index is 12.0. The van der Waals surface area contributed by atoms with E-state index in [1.54, 1.807) is 4.68 Å². The third-order valence-electron chi connectivity index (χ3n) is 3.84. The minimum atomic E-state index is -0.184. The van der Waals surface area contributed by atoms with Gasteiger partial charge in [-0.1, -0.05) is 18.2 Å². The lowest BCUT2D eigenvalue weighted by Gasteiger charge is -2.12. The second kappa shape index (κ2) is 5.60. The van der Waals surface area contributed by atoms with E-state index in [1.807, 2.05) is 50.4 Å². The number of amides is 2. The highest BCUT2D eigenvalue weighted by atomic mass is 16.2. The molecule has 1 atom stereocenters. The van der Waals surface area contributed by atoms with E-state index >= 15 is 0 Å². The quantitative estimate of drug-likeness (QED) is 0.906. The molecule has 0 saturated heterocycles. The summed E-state index contributed by atoms with van der Waals surface area (Å²) >= 11 is 0. The van der Waals surface area contributed by atoms with E-state index in [0.29, 0.717) is 11.7 Å². The monoisotopic (exact) mass is 284 g/mol. The van der Waals surface area contributed by atoms with E-state index in [9.17, 15) is 4.79 Å². The summed E-state index contributed by atoms with van der Waals surface area (Å²) in [5.41, 5.74) is 1.91. The molecule has 0 bridgehead atoms. The highest BCUT2D eigenvalue weighted by Crippen LogP contribution is 2.32. The van der Waals surface area contributed by atoms with Crippen molar-refractivity contribution in [3.05, 3.63) is 42.1 Å². The van der Waals surface area contributed by atoms with Crippen molar-refractivity contribution in [1.82, 2.24) is 15.1 Å². The number of benzene rings is 1. The lowest BCUT2D eigenvalue weighted by atomic mass is 10.2. The summed E-state index contributed by atoms with van der Waals surface area (Å²) < 4.78 is 1.77. The Morgan fingerprint density at radius 3 is 2.71 bits per heavy atom. The number of carbonyl (C=O) groups is 1. The molecule has 5 heteroatoms. The highest BCUT2D eigenvalue weighted by Gasteiger charge is 2.29. The Labute approximate surface area is 124 Å². The minimum absolute atomic E-state index is 0.184. The number of hydrogen-bond acceptors (Lipinski definition) is 2. The van der Waals surface area contributed by atoms with Crippen molar-refractivity contribution in [2.45, 2.75) is 32.7 Å². The van der Waals surface area contributed by atoms with Gasteiger partial charge in [-0.25, -0.2) is 9.48 Å². The largest absolute Gasteiger partial charge is 0.335 e. The SMILES string of the molecule is Cc1cn(-c2ccccc2)nc1NC(=O)N[C@H](C)C1CC1. The van der Waals surface area contributed by atoms with Crippen molar-refractivity contribution in [3.8, 4) is 5.69 Å². The van der Waals surface area contributed by atoms with E-state index in [4.69, 9.17) is 0 Å². The van der Waals surface area contributed by atoms with Gasteiger partial charge in [0, 0.05) is 17.8 Å². The van der Waals surface area contributed by atoms with E-state index in [0.717, 1.165) is 11.3 Å². The topological polar surface area (TPSA) is 59.0 Å². The molecule has 0 aliphatic heterocycles. The molecule has 2 N–H and O–H groups in total. The molecule has 3 rings (SSSR count). The van der Waals surface area contributed by atoms with Crippen LogP contribution in [0.5, 0.6) is 0 Å². The molecule has 0 unspecified atom stereocenters. The van der Waals surface area contributed by atoms with Gasteiger partial charge in [-0.3, -0.25) is 5.32 Å². The first-order valence-electron chi connectivity index (χ1n) is 7.32. The molecule has 110 valence electrons. The van der Waals surface area contributed by atoms with Gasteiger partial charge in [0.1, 0.15) is 0 Å². The predicted octanol–water partition coefficient (Wildman–Crippen LogP) is 3.10. The van der Waals surface area contributed by atoms with Crippen LogP contribution < -0.4 is 10.6 Å². The molecular formula is C16H20N4O. The van der Waals surface area contributed by atoms with E-state index in [-0.39, 0.29) is 12.1 Å². The van der Waals surface area contributed by atoms with Gasteiger partial charge in [-0.05, 0) is 44.7 Å². The van der Waals surface area contributed by atoms with Gasteiger partial charge < -0.3 is 5.32 Å². The first-order chi connectivity index (χ1) is 10.1. The number of aryl methyl sites for hydroxylation is 1. The van der Waals surface area contributed by atoms with Crippen LogP contribution in [0.15, 0.2) is 36.5 Å². The van der Waals surface area contributed by atoms with Crippen molar-refractivity contribution >= 4 is 11.8 Å². The zero-order valence-corrected chi connectivity index (χ0v) is 12.3. The number of rotatable bonds is 4. The van der Waals surface area contributed by atoms with E-state index < -0.39 is 0 Å². The number of nitrogens with zero attached hydrogens (tertiary/aromatic N) is 2. The average molecular weight is 284 g/mol. The van der Waals surface area contributed by atoms with Gasteiger partial charge >= 0.3 is 6.03 Å². The Balaban J connectivity index is 1.68. The number of urea groups is 1. The van der Waals surface area contributed by atoms with Crippen LogP contribution >= 0.6 is 0 Å². The number of anilines is 1. The van der Waals surface area contributed by atoms with Crippen molar-refractivity contribution in [1.29, 1.82) is 0 Å². The smallest absolute Gasteiger partial charge is 0.320 e. The molecule has 1 heterocycles. The fourth-order valence-electron chi connectivity index (χ4n) is 2.36. The fraction of sp³-hybridized carbons (Fsp3) is 0.375. The van der Waals surface area contributed by atoms with Crippen LogP contribution in [0.2, 0.25) is 0 Å². The van der Waals surface area contributed by atoms with Gasteiger partial charge in [0.2, 0.25) is 0 Å². The highest BCUT2D eigenvalue weighted by molar-refractivity contribution is 5.89. The standard InChI is InChI=1S/C16H20N4O/c1-11-10-20(14-6-4-3-5-7-14)19-15(11)18-16(21)17-12(2)13-8-9-13/h3-7,10,12-13H,8-9H2,1-2H3,(H2,17,18,19,21)/t12-/m1/s1. The summed E-state index contributed by atoms with van der Waals surface area (Å²) in [7, 11) is 0. The predicted molar refractivity (Wildman–Crippen MR) is 82.6 cm³/mol. The Morgan fingerprint density at radius 2 is 2.05 bits per heavy atom. The Bertz CT molecular complexity index is 631. The normalized spacial score (nSPS) is 15.5. The third kappa shape index (κ3) is 3.24. The molecule has 1 fully saturated rings. The van der Waals surface area contributed by atoms with Crippen LogP contribution in [-0.2, 0) is 0 Å². The zero-order valence-electron chi connectivity index (χ0n) is 12.3. The van der Waals surface area contributed by atoms with Crippen LogP contribution in [-0.4, -0.2) is 21.9 Å². The van der Waals surface area contributed by atoms with Gasteiger partial charge in [0.15, 0.2) is 5.82 Å². The van der Waals surface area contributed by atoms with Gasteiger partial charge in [0.05, 0.1) is 5.69 Å². The molecule has 1 aliphatic rings. The maximum Gasteiger partial charge on any atom is 0.320 e. The van der Waals surface area contributed by atoms with Crippen LogP contribution in [0.4, 0.5) is 10.6 Å². The zero-order chi connectivity index (χ0) is 14.8. The molecule has 1 saturated carbocycles. The summed E-state index contributed by atoms with van der Waals surface area (Å²) in [5.74, 6) is 1.23. The third-order valence-corrected chi connectivity index (χ3v) is 3.84. The molecule has 0 spiro atoms. The average Bonchev–Trinajstić information content (AvgIpc) is 3.26. The Kier molecular flexibility index (Phi) is 3.64. The van der Waals surface area contributed by atoms with Crippen molar-refractivity contribution < 1.29 is 4.79 Å². The maximum atomic E-state index is 12.0. The fourth-order valence-corrected chi connectivity index (χ4v) is 2.36. The molecule has 1 aromatic heterocycles. The van der Waals surface area contributed by atoms with Crippen LogP contribution in [0.1, 0.15) is 25.3 Å². The van der Waals surface area contributed by atoms with Gasteiger partial charge in [0.25, 0.3) is 0 Å². The van der Waals surface area contributed by atoms with Crippen molar-refractivity contribution in [3.63, 3.8) is 0 Å². The second-order valence-corrected chi connectivity index (χ2v) is 5.67. The summed E-state index contributed by atoms with van der Waals surface area (Å²) in [6.07, 6.45) is 4.33. The molecule has 2 aromatic rings. The number of aromatic nitrogens is 2. The molecule has 0 radical (unpaired) electrons. The van der Waals surface area contributed by atoms with Crippen molar-refractivity contribution in [2.75, 3.05) is 5.32 Å². The number of carbonyl (C=O) groups excluding carboxylic acids is 1.